The van der Waals surface area contributed by atoms with Crippen LogP contribution in [0.25, 0.3) is 0 Å². The van der Waals surface area contributed by atoms with Crippen molar-refractivity contribution in [1.29, 1.82) is 0 Å². The van der Waals surface area contributed by atoms with Gasteiger partial charge in [-0.15, -0.1) is 23.7 Å². The maximum atomic E-state index is 12.6. The summed E-state index contributed by atoms with van der Waals surface area (Å²) in [5, 5.41) is 49.3. The number of hydrogen-bond donors (Lipinski definition) is 5. The molecule has 0 heterocycles. The minimum absolute atomic E-state index is 0.0632. The van der Waals surface area contributed by atoms with Gasteiger partial charge in [-0.1, -0.05) is 49.4 Å². The highest BCUT2D eigenvalue weighted by molar-refractivity contribution is 5.69. The molecule has 5 N–H and O–H groups in total. The number of aliphatic carboxylic acids is 2. The van der Waals surface area contributed by atoms with E-state index in [4.69, 9.17) is 14.9 Å². The summed E-state index contributed by atoms with van der Waals surface area (Å²) in [6.45, 7) is 2.08. The highest BCUT2D eigenvalue weighted by Gasteiger charge is 2.40. The van der Waals surface area contributed by atoms with E-state index in [2.05, 4.69) is 35.8 Å². The Morgan fingerprint density at radius 2 is 1.47 bits per heavy atom. The van der Waals surface area contributed by atoms with Crippen LogP contribution in [-0.2, 0) is 25.5 Å². The van der Waals surface area contributed by atoms with Crippen LogP contribution in [0.3, 0.4) is 0 Å². The summed E-state index contributed by atoms with van der Waals surface area (Å²) >= 11 is 0. The quantitative estimate of drug-likeness (QED) is 0.0423. The highest BCUT2D eigenvalue weighted by Crippen LogP contribution is 2.38. The number of unbranched alkanes of at least 4 members (excludes halogenated alkanes) is 3. The van der Waals surface area contributed by atoms with Crippen molar-refractivity contribution in [2.24, 2.45) is 17.3 Å². The highest BCUT2D eigenvalue weighted by atomic mass is 16.5. The van der Waals surface area contributed by atoms with Crippen molar-refractivity contribution in [3.8, 4) is 23.7 Å². The molecule has 9 nitrogen and oxygen atoms in total. The fraction of sp³-hybridized carbons (Fsp3) is 0.625. The van der Waals surface area contributed by atoms with Gasteiger partial charge in [0.15, 0.2) is 0 Å². The number of carboxylic acid groups (broad SMARTS) is 2. The van der Waals surface area contributed by atoms with E-state index in [1.165, 1.54) is 5.56 Å². The SMILES string of the molecule is CC(CC#CCCCC(=O)O)(CC#CCCCC(=O)O)COC(=O)CCC/C=C\C[C@@H]1[C@@H](CC[C@@H](O)CCc2ccccc2)[C@H](O)C[C@@H]1O. The number of carbonyl (C=O) groups excluding carboxylic acids is 1. The second-order valence-electron chi connectivity index (χ2n) is 13.6. The Hall–Kier alpha value is -3.63. The predicted octanol–water partition coefficient (Wildman–Crippen LogP) is 6.08. The van der Waals surface area contributed by atoms with Gasteiger partial charge in [0.1, 0.15) is 0 Å². The van der Waals surface area contributed by atoms with Gasteiger partial charge in [0.05, 0.1) is 24.9 Å². The second kappa shape index (κ2) is 23.7. The normalized spacial score (nSPS) is 19.4. The third-order valence-electron chi connectivity index (χ3n) is 9.04. The van der Waals surface area contributed by atoms with E-state index in [0.29, 0.717) is 83.5 Å². The standard InChI is InChI=1S/C40H56O9/c1-40(27-15-6-4-12-20-37(44)45,28-16-7-5-13-21-38(46)47)30-49-39(48)22-14-3-2-11-19-33-34(36(43)29-35(33)42)26-25-32(41)24-23-31-17-9-8-10-18-31/h2,8-11,17-18,32-36,41-43H,3-5,12-14,19-30H2,1H3,(H,44,45)(H,46,47)/b11-2-/t32-,33+,34+,35-,36+/m0/s1. The lowest BCUT2D eigenvalue weighted by Gasteiger charge is -2.24. The van der Waals surface area contributed by atoms with Crippen LogP contribution in [0.4, 0.5) is 0 Å². The molecule has 1 fully saturated rings. The first-order valence-electron chi connectivity index (χ1n) is 17.7. The number of benzene rings is 1. The van der Waals surface area contributed by atoms with Gasteiger partial charge in [0, 0.05) is 50.4 Å². The molecule has 1 aliphatic carbocycles. The Balaban J connectivity index is 1.75. The lowest BCUT2D eigenvalue weighted by atomic mass is 9.84. The Morgan fingerprint density at radius 3 is 2.08 bits per heavy atom. The van der Waals surface area contributed by atoms with E-state index in [9.17, 15) is 29.7 Å². The molecule has 0 amide bonds. The van der Waals surface area contributed by atoms with Gasteiger partial charge < -0.3 is 30.3 Å². The number of aliphatic hydroxyl groups is 3. The molecule has 0 spiro atoms. The van der Waals surface area contributed by atoms with Crippen LogP contribution in [-0.4, -0.2) is 68.4 Å². The average Bonchev–Trinajstić information content (AvgIpc) is 3.34. The molecule has 0 saturated heterocycles. The minimum atomic E-state index is -0.856. The number of hydrogen-bond acceptors (Lipinski definition) is 7. The fourth-order valence-electron chi connectivity index (χ4n) is 6.02. The van der Waals surface area contributed by atoms with Crippen LogP contribution in [0.2, 0.25) is 0 Å². The van der Waals surface area contributed by atoms with Crippen molar-refractivity contribution in [2.75, 3.05) is 6.61 Å². The molecule has 49 heavy (non-hydrogen) atoms. The van der Waals surface area contributed by atoms with Gasteiger partial charge in [0.25, 0.3) is 0 Å². The summed E-state index contributed by atoms with van der Waals surface area (Å²) in [6, 6.07) is 10.1. The summed E-state index contributed by atoms with van der Waals surface area (Å²) in [5.41, 5.74) is 0.671. The molecular formula is C40H56O9. The van der Waals surface area contributed by atoms with Gasteiger partial charge >= 0.3 is 17.9 Å². The summed E-state index contributed by atoms with van der Waals surface area (Å²) in [7, 11) is 0. The molecule has 0 radical (unpaired) electrons. The van der Waals surface area contributed by atoms with E-state index in [1.54, 1.807) is 0 Å². The summed E-state index contributed by atoms with van der Waals surface area (Å²) < 4.78 is 5.61. The number of aliphatic hydroxyl groups excluding tert-OH is 3. The molecule has 0 unspecified atom stereocenters. The Kier molecular flexibility index (Phi) is 20.1. The summed E-state index contributed by atoms with van der Waals surface area (Å²) in [4.78, 5) is 34.0. The largest absolute Gasteiger partial charge is 0.481 e. The van der Waals surface area contributed by atoms with E-state index < -0.39 is 35.7 Å². The zero-order chi connectivity index (χ0) is 35.9. The van der Waals surface area contributed by atoms with Gasteiger partial charge in [-0.05, 0) is 81.6 Å². The topological polar surface area (TPSA) is 162 Å². The lowest BCUT2D eigenvalue weighted by molar-refractivity contribution is -0.147. The fourth-order valence-corrected chi connectivity index (χ4v) is 6.02. The molecule has 1 aromatic carbocycles. The van der Waals surface area contributed by atoms with Gasteiger partial charge in [-0.3, -0.25) is 14.4 Å². The van der Waals surface area contributed by atoms with E-state index >= 15 is 0 Å². The van der Waals surface area contributed by atoms with Crippen LogP contribution < -0.4 is 0 Å². The van der Waals surface area contributed by atoms with Crippen molar-refractivity contribution < 1.29 is 44.7 Å². The van der Waals surface area contributed by atoms with Crippen LogP contribution in [0, 0.1) is 40.9 Å². The zero-order valence-electron chi connectivity index (χ0n) is 29.0. The first-order valence-corrected chi connectivity index (χ1v) is 17.7. The van der Waals surface area contributed by atoms with Gasteiger partial charge in [-0.25, -0.2) is 0 Å². The average molecular weight is 681 g/mol. The smallest absolute Gasteiger partial charge is 0.305 e. The van der Waals surface area contributed by atoms with Crippen molar-refractivity contribution in [3.05, 3.63) is 48.0 Å². The van der Waals surface area contributed by atoms with Crippen LogP contribution in [0.1, 0.15) is 115 Å². The third-order valence-corrected chi connectivity index (χ3v) is 9.04. The van der Waals surface area contributed by atoms with E-state index in [1.807, 2.05) is 37.3 Å². The lowest BCUT2D eigenvalue weighted by Crippen LogP contribution is -2.24. The number of carboxylic acids is 2. The van der Waals surface area contributed by atoms with Crippen molar-refractivity contribution in [1.82, 2.24) is 0 Å². The monoisotopic (exact) mass is 680 g/mol. The molecule has 5 atom stereocenters. The maximum absolute atomic E-state index is 12.6. The summed E-state index contributed by atoms with van der Waals surface area (Å²) in [6.07, 6.45) is 10.4. The molecule has 9 heteroatoms. The Bertz CT molecular complexity index is 1240. The number of carbonyl (C=O) groups is 3. The van der Waals surface area contributed by atoms with Crippen molar-refractivity contribution in [3.63, 3.8) is 0 Å². The van der Waals surface area contributed by atoms with Crippen LogP contribution in [0.5, 0.6) is 0 Å². The molecule has 1 saturated carbocycles. The number of rotatable bonds is 22. The second-order valence-corrected chi connectivity index (χ2v) is 13.6. The molecule has 1 aliphatic rings. The molecular weight excluding hydrogens is 624 g/mol. The molecule has 0 aromatic heterocycles. The third kappa shape index (κ3) is 18.6. The van der Waals surface area contributed by atoms with Crippen LogP contribution >= 0.6 is 0 Å². The number of aryl methyl sites for hydroxylation is 1. The van der Waals surface area contributed by atoms with Crippen molar-refractivity contribution in [2.45, 2.75) is 134 Å². The molecule has 0 bridgehead atoms. The Labute approximate surface area is 292 Å². The van der Waals surface area contributed by atoms with Crippen LogP contribution in [0.15, 0.2) is 42.5 Å². The van der Waals surface area contributed by atoms with Crippen molar-refractivity contribution >= 4 is 17.9 Å². The number of allylic oxidation sites excluding steroid dienone is 2. The minimum Gasteiger partial charge on any atom is -0.481 e. The zero-order valence-corrected chi connectivity index (χ0v) is 29.0. The molecule has 1 aromatic rings. The van der Waals surface area contributed by atoms with E-state index in [0.717, 1.165) is 6.42 Å². The number of ether oxygens (including phenoxy) is 1. The van der Waals surface area contributed by atoms with E-state index in [-0.39, 0.29) is 43.7 Å². The maximum Gasteiger partial charge on any atom is 0.305 e. The number of esters is 1. The molecule has 270 valence electrons. The Morgan fingerprint density at radius 1 is 0.857 bits per heavy atom. The summed E-state index contributed by atoms with van der Waals surface area (Å²) in [5.74, 6) is 9.98. The first-order chi connectivity index (χ1) is 23.5. The predicted molar refractivity (Wildman–Crippen MR) is 188 cm³/mol. The molecule has 0 aliphatic heterocycles. The van der Waals surface area contributed by atoms with Gasteiger partial charge in [0.2, 0.25) is 0 Å². The molecule has 2 rings (SSSR count). The first kappa shape index (κ1) is 41.5. The van der Waals surface area contributed by atoms with Gasteiger partial charge in [-0.2, -0.15) is 0 Å².